The van der Waals surface area contributed by atoms with Gasteiger partial charge in [0.15, 0.2) is 0 Å². The van der Waals surface area contributed by atoms with Crippen LogP contribution in [0, 0.1) is 11.3 Å². The van der Waals surface area contributed by atoms with Crippen LogP contribution >= 0.6 is 11.8 Å². The molecule has 1 unspecified atom stereocenters. The minimum atomic E-state index is -5.08. The standard InChI is InChI=1S/C20H19N3O2S.C2HF3O2/c21-10-15-4-3-5-16(8-15)19(24)23-13-20(14-23)9-18(12-26-20)25-11-17-6-1-2-7-22-17;3-2(4,5)1(6)7/h1-8,18H,9,11-14H2;(H,6,7). The van der Waals surface area contributed by atoms with Crippen molar-refractivity contribution in [2.24, 2.45) is 0 Å². The topological polar surface area (TPSA) is 104 Å². The fourth-order valence-corrected chi connectivity index (χ4v) is 5.07. The Balaban J connectivity index is 0.000000383. The highest BCUT2D eigenvalue weighted by Crippen LogP contribution is 2.46. The van der Waals surface area contributed by atoms with Gasteiger partial charge in [-0.1, -0.05) is 12.1 Å². The molecule has 174 valence electrons. The summed E-state index contributed by atoms with van der Waals surface area (Å²) in [5.41, 5.74) is 2.05. The van der Waals surface area contributed by atoms with Crippen LogP contribution in [0.3, 0.4) is 0 Å². The Hall–Kier alpha value is -3.10. The van der Waals surface area contributed by atoms with Crippen LogP contribution in [-0.2, 0) is 16.1 Å². The van der Waals surface area contributed by atoms with Crippen molar-refractivity contribution in [3.63, 3.8) is 0 Å². The number of halogens is 3. The lowest BCUT2D eigenvalue weighted by Gasteiger charge is -2.47. The number of carboxylic acids is 1. The number of benzene rings is 1. The molecule has 1 aromatic heterocycles. The van der Waals surface area contributed by atoms with Crippen LogP contribution in [0.15, 0.2) is 48.7 Å². The second-order valence-electron chi connectivity index (χ2n) is 7.61. The molecule has 1 aromatic carbocycles. The second kappa shape index (κ2) is 10.2. The number of likely N-dealkylation sites (tertiary alicyclic amines) is 1. The zero-order chi connectivity index (χ0) is 24.1. The number of aromatic nitrogens is 1. The number of carbonyl (C=O) groups is 2. The van der Waals surface area contributed by atoms with Gasteiger partial charge in [0, 0.05) is 30.6 Å². The lowest BCUT2D eigenvalue weighted by atomic mass is 9.92. The van der Waals surface area contributed by atoms with Crippen molar-refractivity contribution < 1.29 is 32.6 Å². The first-order valence-electron chi connectivity index (χ1n) is 9.87. The van der Waals surface area contributed by atoms with E-state index in [0.717, 1.165) is 31.0 Å². The summed E-state index contributed by atoms with van der Waals surface area (Å²) in [4.78, 5) is 27.6. The molecule has 1 N–H and O–H groups in total. The fraction of sp³-hybridized carbons (Fsp3) is 0.364. The van der Waals surface area contributed by atoms with Crippen molar-refractivity contribution in [1.82, 2.24) is 9.88 Å². The summed E-state index contributed by atoms with van der Waals surface area (Å²) in [6.07, 6.45) is -2.13. The maximum absolute atomic E-state index is 12.6. The maximum atomic E-state index is 12.6. The van der Waals surface area contributed by atoms with Crippen LogP contribution in [0.4, 0.5) is 13.2 Å². The van der Waals surface area contributed by atoms with Crippen molar-refractivity contribution in [3.8, 4) is 6.07 Å². The van der Waals surface area contributed by atoms with E-state index in [1.807, 2.05) is 34.9 Å². The number of hydrogen-bond donors (Lipinski definition) is 1. The molecule has 1 spiro atoms. The molecule has 2 aliphatic rings. The third-order valence-corrected chi connectivity index (χ3v) is 6.67. The minimum absolute atomic E-state index is 0.00572. The van der Waals surface area contributed by atoms with Crippen molar-refractivity contribution in [3.05, 3.63) is 65.5 Å². The Morgan fingerprint density at radius 3 is 2.61 bits per heavy atom. The van der Waals surface area contributed by atoms with E-state index in [9.17, 15) is 18.0 Å². The number of ether oxygens (including phenoxy) is 1. The van der Waals surface area contributed by atoms with E-state index >= 15 is 0 Å². The van der Waals surface area contributed by atoms with Gasteiger partial charge in [0.2, 0.25) is 0 Å². The minimum Gasteiger partial charge on any atom is -0.475 e. The summed E-state index contributed by atoms with van der Waals surface area (Å²) >= 11 is 1.91. The molecule has 0 saturated carbocycles. The fourth-order valence-electron chi connectivity index (χ4n) is 3.51. The van der Waals surface area contributed by atoms with Crippen molar-refractivity contribution in [1.29, 1.82) is 5.26 Å². The first-order chi connectivity index (χ1) is 15.6. The van der Waals surface area contributed by atoms with E-state index in [0.29, 0.717) is 17.7 Å². The SMILES string of the molecule is N#Cc1cccc(C(=O)N2CC3(CC(OCc4ccccn4)CS3)C2)c1.O=C(O)C(F)(F)F. The van der Waals surface area contributed by atoms with Crippen molar-refractivity contribution in [2.45, 2.75) is 30.1 Å². The highest BCUT2D eigenvalue weighted by atomic mass is 32.2. The third-order valence-electron chi connectivity index (χ3n) is 5.09. The van der Waals surface area contributed by atoms with Crippen molar-refractivity contribution >= 4 is 23.6 Å². The molecule has 3 heterocycles. The molecule has 2 saturated heterocycles. The molecule has 2 fully saturated rings. The number of rotatable bonds is 4. The second-order valence-corrected chi connectivity index (χ2v) is 9.10. The van der Waals surface area contributed by atoms with Crippen LogP contribution in [0.1, 0.15) is 28.0 Å². The van der Waals surface area contributed by atoms with E-state index < -0.39 is 12.1 Å². The Bertz CT molecular complexity index is 1040. The maximum Gasteiger partial charge on any atom is 0.490 e. The van der Waals surface area contributed by atoms with Gasteiger partial charge < -0.3 is 14.7 Å². The van der Waals surface area contributed by atoms with Crippen LogP contribution < -0.4 is 0 Å². The number of carboxylic acid groups (broad SMARTS) is 1. The summed E-state index contributed by atoms with van der Waals surface area (Å²) in [7, 11) is 0. The molecule has 7 nitrogen and oxygen atoms in total. The molecule has 1 atom stereocenters. The summed E-state index contributed by atoms with van der Waals surface area (Å²) < 4.78 is 37.9. The highest BCUT2D eigenvalue weighted by molar-refractivity contribution is 8.01. The monoisotopic (exact) mass is 479 g/mol. The summed E-state index contributed by atoms with van der Waals surface area (Å²) in [6.45, 7) is 2.03. The number of carbonyl (C=O) groups excluding carboxylic acids is 1. The Labute approximate surface area is 192 Å². The van der Waals surface area contributed by atoms with Gasteiger partial charge in [0.05, 0.1) is 34.8 Å². The lowest BCUT2D eigenvalue weighted by molar-refractivity contribution is -0.192. The summed E-state index contributed by atoms with van der Waals surface area (Å²) in [5, 5.41) is 16.1. The third kappa shape index (κ3) is 6.46. The first kappa shape index (κ1) is 24.5. The molecule has 11 heteroatoms. The number of nitriles is 1. The average Bonchev–Trinajstić information content (AvgIpc) is 3.21. The zero-order valence-electron chi connectivity index (χ0n) is 17.3. The number of thioether (sulfide) groups is 1. The van der Waals surface area contributed by atoms with Gasteiger partial charge in [-0.2, -0.15) is 18.4 Å². The van der Waals surface area contributed by atoms with Gasteiger partial charge in [-0.3, -0.25) is 9.78 Å². The molecular formula is C22H20F3N3O4S. The summed E-state index contributed by atoms with van der Waals surface area (Å²) in [5.74, 6) is -1.79. The molecular weight excluding hydrogens is 459 g/mol. The van der Waals surface area contributed by atoms with E-state index in [1.165, 1.54) is 0 Å². The predicted octanol–water partition coefficient (Wildman–Crippen LogP) is 3.50. The number of alkyl halides is 3. The first-order valence-corrected chi connectivity index (χ1v) is 10.9. The van der Waals surface area contributed by atoms with Gasteiger partial charge in [-0.25, -0.2) is 4.79 Å². The van der Waals surface area contributed by atoms with Crippen LogP contribution in [-0.4, -0.2) is 62.7 Å². The van der Waals surface area contributed by atoms with Gasteiger partial charge in [0.1, 0.15) is 0 Å². The molecule has 2 aromatic rings. The zero-order valence-corrected chi connectivity index (χ0v) is 18.1. The smallest absolute Gasteiger partial charge is 0.475 e. The van der Waals surface area contributed by atoms with E-state index in [4.69, 9.17) is 19.9 Å². The van der Waals surface area contributed by atoms with E-state index in [1.54, 1.807) is 30.5 Å². The molecule has 4 rings (SSSR count). The van der Waals surface area contributed by atoms with Crippen LogP contribution in [0.2, 0.25) is 0 Å². The number of nitrogens with zero attached hydrogens (tertiary/aromatic N) is 3. The van der Waals surface area contributed by atoms with Crippen LogP contribution in [0.5, 0.6) is 0 Å². The number of pyridine rings is 1. The quantitative estimate of drug-likeness (QED) is 0.716. The van der Waals surface area contributed by atoms with Gasteiger partial charge >= 0.3 is 12.1 Å². The lowest BCUT2D eigenvalue weighted by Crippen LogP contribution is -2.60. The van der Waals surface area contributed by atoms with Gasteiger partial charge in [-0.05, 0) is 36.8 Å². The Morgan fingerprint density at radius 1 is 1.27 bits per heavy atom. The Kier molecular flexibility index (Phi) is 7.61. The van der Waals surface area contributed by atoms with Crippen molar-refractivity contribution in [2.75, 3.05) is 18.8 Å². The molecule has 1 amide bonds. The van der Waals surface area contributed by atoms with Gasteiger partial charge in [0.25, 0.3) is 5.91 Å². The number of aliphatic carboxylic acids is 1. The van der Waals surface area contributed by atoms with E-state index in [2.05, 4.69) is 11.1 Å². The molecule has 0 radical (unpaired) electrons. The van der Waals surface area contributed by atoms with E-state index in [-0.39, 0.29) is 16.8 Å². The molecule has 2 aliphatic heterocycles. The summed E-state index contributed by atoms with van der Waals surface area (Å²) in [6, 6.07) is 14.8. The molecule has 33 heavy (non-hydrogen) atoms. The van der Waals surface area contributed by atoms with Crippen LogP contribution in [0.25, 0.3) is 0 Å². The Morgan fingerprint density at radius 2 is 2.00 bits per heavy atom. The molecule has 0 bridgehead atoms. The highest BCUT2D eigenvalue weighted by Gasteiger charge is 2.51. The average molecular weight is 479 g/mol. The number of amides is 1. The van der Waals surface area contributed by atoms with Gasteiger partial charge in [-0.15, -0.1) is 11.8 Å². The molecule has 0 aliphatic carbocycles. The number of hydrogen-bond acceptors (Lipinski definition) is 6. The largest absolute Gasteiger partial charge is 0.490 e. The predicted molar refractivity (Wildman–Crippen MR) is 113 cm³/mol. The normalized spacial score (nSPS) is 18.6.